The van der Waals surface area contributed by atoms with Crippen LogP contribution in [0, 0.1) is 0 Å². The van der Waals surface area contributed by atoms with Crippen LogP contribution >= 0.6 is 0 Å². The van der Waals surface area contributed by atoms with Crippen LogP contribution in [0.2, 0.25) is 0 Å². The van der Waals surface area contributed by atoms with Crippen LogP contribution in [0.1, 0.15) is 29.5 Å². The summed E-state index contributed by atoms with van der Waals surface area (Å²) >= 11 is 0. The van der Waals surface area contributed by atoms with Crippen molar-refractivity contribution in [1.29, 1.82) is 0 Å². The molecule has 33 heavy (non-hydrogen) atoms. The fourth-order valence-corrected chi connectivity index (χ4v) is 4.25. The fourth-order valence-electron chi connectivity index (χ4n) is 3.80. The smallest absolute Gasteiger partial charge is 0.306 e. The second-order valence-corrected chi connectivity index (χ2v) is 10.1. The fraction of sp³-hybridized carbons (Fsp3) is 0.400. The van der Waals surface area contributed by atoms with Gasteiger partial charge in [0.15, 0.2) is 0 Å². The number of unbranched alkanes of at least 4 members (excludes halogenated alkanes) is 1. The summed E-state index contributed by atoms with van der Waals surface area (Å²) in [6.07, 6.45) is 7.26. The van der Waals surface area contributed by atoms with Crippen molar-refractivity contribution in [2.24, 2.45) is 0 Å². The molecule has 1 N–H and O–H groups in total. The Morgan fingerprint density at radius 3 is 2.58 bits per heavy atom. The molecule has 1 aliphatic heterocycles. The standard InChI is InChI=1S/C25H33N3O4S/c1-27(2)23-10-6-20(7-11-23)8-13-25(29)26-15-4-5-16-28-17-14-21-9-12-24(18-22(21)19-28)32-33(3,30)31/h6-13,18H,4-5,14-17,19H2,1-3H3,(H,26,29). The van der Waals surface area contributed by atoms with Gasteiger partial charge in [-0.1, -0.05) is 18.2 Å². The van der Waals surface area contributed by atoms with Crippen LogP contribution in [0.25, 0.3) is 6.08 Å². The molecule has 0 unspecified atom stereocenters. The third kappa shape index (κ3) is 8.22. The van der Waals surface area contributed by atoms with Gasteiger partial charge in [0.25, 0.3) is 0 Å². The highest BCUT2D eigenvalue weighted by molar-refractivity contribution is 7.86. The lowest BCUT2D eigenvalue weighted by atomic mass is 9.99. The zero-order valence-electron chi connectivity index (χ0n) is 19.6. The van der Waals surface area contributed by atoms with Crippen molar-refractivity contribution in [3.63, 3.8) is 0 Å². The third-order valence-electron chi connectivity index (χ3n) is 5.55. The predicted molar refractivity (Wildman–Crippen MR) is 133 cm³/mol. The van der Waals surface area contributed by atoms with Gasteiger partial charge in [-0.05, 0) is 72.8 Å². The summed E-state index contributed by atoms with van der Waals surface area (Å²) in [4.78, 5) is 16.4. The highest BCUT2D eigenvalue weighted by Gasteiger charge is 2.17. The van der Waals surface area contributed by atoms with E-state index >= 15 is 0 Å². The van der Waals surface area contributed by atoms with Crippen molar-refractivity contribution in [2.45, 2.75) is 25.8 Å². The van der Waals surface area contributed by atoms with Gasteiger partial charge < -0.3 is 14.4 Å². The molecule has 2 aromatic carbocycles. The van der Waals surface area contributed by atoms with E-state index in [2.05, 4.69) is 10.2 Å². The Kier molecular flexibility index (Phi) is 8.52. The number of anilines is 1. The molecule has 3 rings (SSSR count). The van der Waals surface area contributed by atoms with E-state index in [-0.39, 0.29) is 5.91 Å². The molecule has 0 radical (unpaired) electrons. The van der Waals surface area contributed by atoms with Crippen LogP contribution in [-0.4, -0.2) is 59.2 Å². The van der Waals surface area contributed by atoms with Crippen LogP contribution in [0.5, 0.6) is 5.75 Å². The second kappa shape index (κ2) is 11.3. The van der Waals surface area contributed by atoms with Gasteiger partial charge in [-0.25, -0.2) is 0 Å². The Balaban J connectivity index is 1.36. The number of fused-ring (bicyclic) bond motifs is 1. The zero-order valence-corrected chi connectivity index (χ0v) is 20.4. The molecule has 7 nitrogen and oxygen atoms in total. The summed E-state index contributed by atoms with van der Waals surface area (Å²) in [5, 5.41) is 2.94. The molecule has 1 heterocycles. The van der Waals surface area contributed by atoms with E-state index in [9.17, 15) is 13.2 Å². The van der Waals surface area contributed by atoms with Crippen LogP contribution in [0.15, 0.2) is 48.5 Å². The normalized spacial score (nSPS) is 14.2. The number of nitrogens with zero attached hydrogens (tertiary/aromatic N) is 2. The number of rotatable bonds is 10. The summed E-state index contributed by atoms with van der Waals surface area (Å²) in [6.45, 7) is 3.32. The van der Waals surface area contributed by atoms with Gasteiger partial charge in [0.2, 0.25) is 5.91 Å². The quantitative estimate of drug-likeness (QED) is 0.326. The first-order valence-electron chi connectivity index (χ1n) is 11.2. The van der Waals surface area contributed by atoms with Gasteiger partial charge in [0, 0.05) is 45.5 Å². The summed E-state index contributed by atoms with van der Waals surface area (Å²) in [6, 6.07) is 13.5. The average molecular weight is 472 g/mol. The van der Waals surface area contributed by atoms with Crippen LogP contribution in [-0.2, 0) is 27.9 Å². The Bertz CT molecular complexity index is 1080. The highest BCUT2D eigenvalue weighted by atomic mass is 32.2. The number of benzene rings is 2. The molecule has 1 aliphatic rings. The largest absolute Gasteiger partial charge is 0.383 e. The van der Waals surface area contributed by atoms with Crippen molar-refractivity contribution < 1.29 is 17.4 Å². The summed E-state index contributed by atoms with van der Waals surface area (Å²) in [5.41, 5.74) is 4.46. The SMILES string of the molecule is CN(C)c1ccc(C=CC(=O)NCCCCN2CCc3ccc(OS(C)(=O)=O)cc3C2)cc1. The molecule has 0 saturated heterocycles. The van der Waals surface area contributed by atoms with Crippen molar-refractivity contribution in [2.75, 3.05) is 44.9 Å². The van der Waals surface area contributed by atoms with Gasteiger partial charge >= 0.3 is 10.1 Å². The minimum absolute atomic E-state index is 0.0861. The molecule has 0 bridgehead atoms. The summed E-state index contributed by atoms with van der Waals surface area (Å²) in [5.74, 6) is 0.277. The highest BCUT2D eigenvalue weighted by Crippen LogP contribution is 2.24. The maximum atomic E-state index is 12.1. The number of hydrogen-bond donors (Lipinski definition) is 1. The predicted octanol–water partition coefficient (Wildman–Crippen LogP) is 3.06. The molecule has 0 aliphatic carbocycles. The van der Waals surface area contributed by atoms with Crippen molar-refractivity contribution >= 4 is 27.8 Å². The lowest BCUT2D eigenvalue weighted by Crippen LogP contribution is -2.32. The number of hydrogen-bond acceptors (Lipinski definition) is 6. The van der Waals surface area contributed by atoms with Crippen LogP contribution in [0.4, 0.5) is 5.69 Å². The Morgan fingerprint density at radius 1 is 1.12 bits per heavy atom. The van der Waals surface area contributed by atoms with E-state index in [1.165, 1.54) is 5.56 Å². The van der Waals surface area contributed by atoms with Gasteiger partial charge in [0.05, 0.1) is 6.26 Å². The van der Waals surface area contributed by atoms with E-state index in [0.717, 1.165) is 62.0 Å². The lowest BCUT2D eigenvalue weighted by Gasteiger charge is -2.29. The lowest BCUT2D eigenvalue weighted by molar-refractivity contribution is -0.116. The minimum atomic E-state index is -3.52. The van der Waals surface area contributed by atoms with Gasteiger partial charge in [-0.3, -0.25) is 9.69 Å². The van der Waals surface area contributed by atoms with Crippen LogP contribution in [0.3, 0.4) is 0 Å². The number of nitrogens with one attached hydrogen (secondary N) is 1. The van der Waals surface area contributed by atoms with E-state index in [0.29, 0.717) is 12.3 Å². The molecule has 2 aromatic rings. The van der Waals surface area contributed by atoms with Crippen LogP contribution < -0.4 is 14.4 Å². The first-order valence-corrected chi connectivity index (χ1v) is 13.0. The van der Waals surface area contributed by atoms with E-state index in [4.69, 9.17) is 4.18 Å². The minimum Gasteiger partial charge on any atom is -0.383 e. The van der Waals surface area contributed by atoms with E-state index in [1.807, 2.05) is 61.5 Å². The third-order valence-corrected chi connectivity index (χ3v) is 6.05. The monoisotopic (exact) mass is 471 g/mol. The van der Waals surface area contributed by atoms with Crippen molar-refractivity contribution in [3.8, 4) is 5.75 Å². The van der Waals surface area contributed by atoms with E-state index < -0.39 is 10.1 Å². The first kappa shape index (κ1) is 24.8. The van der Waals surface area contributed by atoms with Gasteiger partial charge in [-0.15, -0.1) is 0 Å². The molecule has 0 atom stereocenters. The van der Waals surface area contributed by atoms with E-state index in [1.54, 1.807) is 12.1 Å². The molecular weight excluding hydrogens is 438 g/mol. The Labute approximate surface area is 197 Å². The first-order chi connectivity index (χ1) is 15.7. The molecule has 0 fully saturated rings. The van der Waals surface area contributed by atoms with Crippen molar-refractivity contribution in [3.05, 3.63) is 65.2 Å². The summed E-state index contributed by atoms with van der Waals surface area (Å²) < 4.78 is 27.7. The second-order valence-electron chi connectivity index (χ2n) is 8.56. The molecule has 0 spiro atoms. The number of carbonyl (C=O) groups excluding carboxylic acids is 1. The average Bonchev–Trinajstić information content (AvgIpc) is 2.76. The summed E-state index contributed by atoms with van der Waals surface area (Å²) in [7, 11) is 0.466. The molecule has 178 valence electrons. The maximum Gasteiger partial charge on any atom is 0.306 e. The molecule has 0 saturated carbocycles. The van der Waals surface area contributed by atoms with Gasteiger partial charge in [0.1, 0.15) is 5.75 Å². The number of carbonyl (C=O) groups is 1. The maximum absolute atomic E-state index is 12.1. The zero-order chi connectivity index (χ0) is 23.8. The van der Waals surface area contributed by atoms with Crippen molar-refractivity contribution in [1.82, 2.24) is 10.2 Å². The molecule has 8 heteroatoms. The molecule has 0 aromatic heterocycles. The Morgan fingerprint density at radius 2 is 1.88 bits per heavy atom. The Hall–Kier alpha value is -2.84. The molecule has 1 amide bonds. The molecular formula is C25H33N3O4S. The van der Waals surface area contributed by atoms with Gasteiger partial charge in [-0.2, -0.15) is 8.42 Å². The number of amides is 1. The topological polar surface area (TPSA) is 79.0 Å².